The second-order valence-electron chi connectivity index (χ2n) is 6.06. The monoisotopic (exact) mass is 273 g/mol. The van der Waals surface area contributed by atoms with Crippen LogP contribution in [0.2, 0.25) is 0 Å². The molecule has 1 aliphatic carbocycles. The van der Waals surface area contributed by atoms with Gasteiger partial charge in [-0.3, -0.25) is 9.48 Å². The minimum absolute atomic E-state index is 0.166. The molecule has 2 atom stereocenters. The van der Waals surface area contributed by atoms with Crippen LogP contribution in [-0.2, 0) is 6.54 Å². The summed E-state index contributed by atoms with van der Waals surface area (Å²) in [5.41, 5.74) is 1.64. The molecule has 2 heterocycles. The molecule has 2 aliphatic rings. The molecule has 1 aromatic rings. The second-order valence-corrected chi connectivity index (χ2v) is 6.06. The fraction of sp³-hybridized carbons (Fsp3) is 0.625. The Morgan fingerprint density at radius 1 is 1.30 bits per heavy atom. The number of fused-ring (bicyclic) bond motifs is 1. The third-order valence-electron chi connectivity index (χ3n) is 4.54. The number of amides is 1. The summed E-state index contributed by atoms with van der Waals surface area (Å²) in [5.74, 6) is 1.49. The van der Waals surface area contributed by atoms with Gasteiger partial charge >= 0.3 is 0 Å². The Kier molecular flexibility index (Phi) is 3.64. The van der Waals surface area contributed by atoms with E-state index < -0.39 is 0 Å². The number of rotatable bonds is 3. The molecule has 0 bridgehead atoms. The van der Waals surface area contributed by atoms with Crippen LogP contribution in [0, 0.1) is 18.8 Å². The lowest BCUT2D eigenvalue weighted by molar-refractivity contribution is 0.0783. The van der Waals surface area contributed by atoms with Crippen molar-refractivity contribution in [2.45, 2.75) is 39.7 Å². The standard InChI is InChI=1S/C16H23N3O/c1-3-8-19-11-15(12(2)17-19)16(20)18-9-13-6-4-5-7-14(13)10-18/h4-5,11,13-14H,3,6-10H2,1-2H3/t13-,14+. The van der Waals surface area contributed by atoms with Crippen LogP contribution < -0.4 is 0 Å². The normalized spacial score (nSPS) is 25.0. The van der Waals surface area contributed by atoms with Crippen LogP contribution in [0.3, 0.4) is 0 Å². The van der Waals surface area contributed by atoms with Gasteiger partial charge in [0.15, 0.2) is 0 Å². The van der Waals surface area contributed by atoms with Crippen LogP contribution in [0.5, 0.6) is 0 Å². The number of carbonyl (C=O) groups is 1. The summed E-state index contributed by atoms with van der Waals surface area (Å²) in [6.07, 6.45) is 9.74. The molecule has 20 heavy (non-hydrogen) atoms. The summed E-state index contributed by atoms with van der Waals surface area (Å²) in [5, 5.41) is 4.44. The van der Waals surface area contributed by atoms with Crippen molar-refractivity contribution in [1.82, 2.24) is 14.7 Å². The van der Waals surface area contributed by atoms with Crippen LogP contribution in [0.1, 0.15) is 42.2 Å². The average molecular weight is 273 g/mol. The molecule has 1 aliphatic heterocycles. The van der Waals surface area contributed by atoms with Crippen molar-refractivity contribution in [2.24, 2.45) is 11.8 Å². The van der Waals surface area contributed by atoms with E-state index in [0.717, 1.165) is 50.2 Å². The van der Waals surface area contributed by atoms with E-state index in [1.165, 1.54) is 0 Å². The maximum atomic E-state index is 12.7. The van der Waals surface area contributed by atoms with E-state index in [1.807, 2.05) is 22.7 Å². The fourth-order valence-electron chi connectivity index (χ4n) is 3.42. The maximum absolute atomic E-state index is 12.7. The lowest BCUT2D eigenvalue weighted by Crippen LogP contribution is -2.29. The summed E-state index contributed by atoms with van der Waals surface area (Å²) in [6.45, 7) is 6.75. The molecule has 0 aromatic carbocycles. The molecule has 1 amide bonds. The largest absolute Gasteiger partial charge is 0.338 e. The Labute approximate surface area is 120 Å². The van der Waals surface area contributed by atoms with Crippen molar-refractivity contribution < 1.29 is 4.79 Å². The second kappa shape index (κ2) is 5.43. The first-order valence-electron chi connectivity index (χ1n) is 7.67. The average Bonchev–Trinajstić information content (AvgIpc) is 3.02. The van der Waals surface area contributed by atoms with E-state index in [0.29, 0.717) is 11.8 Å². The van der Waals surface area contributed by atoms with E-state index in [9.17, 15) is 4.79 Å². The third-order valence-corrected chi connectivity index (χ3v) is 4.54. The molecule has 0 spiro atoms. The molecule has 4 heteroatoms. The Morgan fingerprint density at radius 3 is 2.55 bits per heavy atom. The number of aromatic nitrogens is 2. The van der Waals surface area contributed by atoms with Gasteiger partial charge in [-0.15, -0.1) is 0 Å². The van der Waals surface area contributed by atoms with Crippen LogP contribution >= 0.6 is 0 Å². The summed E-state index contributed by atoms with van der Waals surface area (Å²) >= 11 is 0. The molecule has 1 saturated heterocycles. The van der Waals surface area contributed by atoms with E-state index in [1.54, 1.807) is 0 Å². The van der Waals surface area contributed by atoms with Gasteiger partial charge in [-0.1, -0.05) is 19.1 Å². The van der Waals surface area contributed by atoms with Gasteiger partial charge in [0.25, 0.3) is 5.91 Å². The van der Waals surface area contributed by atoms with Crippen molar-refractivity contribution in [3.8, 4) is 0 Å². The quantitative estimate of drug-likeness (QED) is 0.794. The zero-order chi connectivity index (χ0) is 14.1. The van der Waals surface area contributed by atoms with Gasteiger partial charge in [-0.25, -0.2) is 0 Å². The minimum atomic E-state index is 0.166. The molecule has 0 saturated carbocycles. The smallest absolute Gasteiger partial charge is 0.257 e. The first-order chi connectivity index (χ1) is 9.69. The van der Waals surface area contributed by atoms with Gasteiger partial charge in [0.2, 0.25) is 0 Å². The number of likely N-dealkylation sites (tertiary alicyclic amines) is 1. The van der Waals surface area contributed by atoms with Gasteiger partial charge in [-0.2, -0.15) is 5.10 Å². The number of hydrogen-bond donors (Lipinski definition) is 0. The molecule has 4 nitrogen and oxygen atoms in total. The number of allylic oxidation sites excluding steroid dienone is 2. The summed E-state index contributed by atoms with van der Waals surface area (Å²) in [6, 6.07) is 0. The summed E-state index contributed by atoms with van der Waals surface area (Å²) in [7, 11) is 0. The Hall–Kier alpha value is -1.58. The highest BCUT2D eigenvalue weighted by Crippen LogP contribution is 2.33. The summed E-state index contributed by atoms with van der Waals surface area (Å²) < 4.78 is 1.90. The van der Waals surface area contributed by atoms with Gasteiger partial charge in [0, 0.05) is 25.8 Å². The van der Waals surface area contributed by atoms with Crippen LogP contribution in [0.25, 0.3) is 0 Å². The van der Waals surface area contributed by atoms with Crippen molar-refractivity contribution >= 4 is 5.91 Å². The molecule has 1 aromatic heterocycles. The number of hydrogen-bond acceptors (Lipinski definition) is 2. The van der Waals surface area contributed by atoms with Gasteiger partial charge in [0.05, 0.1) is 11.3 Å². The zero-order valence-electron chi connectivity index (χ0n) is 12.4. The van der Waals surface area contributed by atoms with Gasteiger partial charge in [-0.05, 0) is 38.0 Å². The maximum Gasteiger partial charge on any atom is 0.257 e. The lowest BCUT2D eigenvalue weighted by Gasteiger charge is -2.17. The lowest BCUT2D eigenvalue weighted by atomic mass is 9.86. The topological polar surface area (TPSA) is 38.1 Å². The highest BCUT2D eigenvalue weighted by atomic mass is 16.2. The van der Waals surface area contributed by atoms with Crippen molar-refractivity contribution in [2.75, 3.05) is 13.1 Å². The Balaban J connectivity index is 1.73. The zero-order valence-corrected chi connectivity index (χ0v) is 12.4. The van der Waals surface area contributed by atoms with Crippen LogP contribution in [0.15, 0.2) is 18.3 Å². The third kappa shape index (κ3) is 2.39. The van der Waals surface area contributed by atoms with Gasteiger partial charge in [0.1, 0.15) is 0 Å². The van der Waals surface area contributed by atoms with Gasteiger partial charge < -0.3 is 4.90 Å². The Bertz CT molecular complexity index is 516. The first-order valence-corrected chi connectivity index (χ1v) is 7.67. The SMILES string of the molecule is CCCn1cc(C(=O)N2C[C@H]3CC=CC[C@H]3C2)c(C)n1. The molecule has 0 unspecified atom stereocenters. The van der Waals surface area contributed by atoms with Crippen LogP contribution in [-0.4, -0.2) is 33.7 Å². The predicted molar refractivity (Wildman–Crippen MR) is 78.5 cm³/mol. The van der Waals surface area contributed by atoms with Crippen molar-refractivity contribution in [3.05, 3.63) is 29.6 Å². The highest BCUT2D eigenvalue weighted by Gasteiger charge is 2.36. The molecule has 3 rings (SSSR count). The molecular weight excluding hydrogens is 250 g/mol. The van der Waals surface area contributed by atoms with E-state index in [4.69, 9.17) is 0 Å². The fourth-order valence-corrected chi connectivity index (χ4v) is 3.42. The number of nitrogens with zero attached hydrogens (tertiary/aromatic N) is 3. The van der Waals surface area contributed by atoms with Crippen LogP contribution in [0.4, 0.5) is 0 Å². The van der Waals surface area contributed by atoms with E-state index >= 15 is 0 Å². The highest BCUT2D eigenvalue weighted by molar-refractivity contribution is 5.95. The van der Waals surface area contributed by atoms with E-state index in [-0.39, 0.29) is 5.91 Å². The summed E-state index contributed by atoms with van der Waals surface area (Å²) in [4.78, 5) is 14.7. The van der Waals surface area contributed by atoms with Crippen molar-refractivity contribution in [1.29, 1.82) is 0 Å². The molecule has 0 N–H and O–H groups in total. The Morgan fingerprint density at radius 2 is 1.95 bits per heavy atom. The molecule has 108 valence electrons. The number of aryl methyl sites for hydroxylation is 2. The molecular formula is C16H23N3O. The minimum Gasteiger partial charge on any atom is -0.338 e. The molecule has 1 fully saturated rings. The first kappa shape index (κ1) is 13.4. The number of carbonyl (C=O) groups excluding carboxylic acids is 1. The van der Waals surface area contributed by atoms with Crippen molar-refractivity contribution in [3.63, 3.8) is 0 Å². The van der Waals surface area contributed by atoms with E-state index in [2.05, 4.69) is 24.2 Å². The predicted octanol–water partition coefficient (Wildman–Crippen LogP) is 2.64. The molecule has 0 radical (unpaired) electrons.